The molecule has 0 saturated carbocycles. The lowest BCUT2D eigenvalue weighted by atomic mass is 10.3. The number of halogens is 1. The summed E-state index contributed by atoms with van der Waals surface area (Å²) < 4.78 is 25.4. The lowest BCUT2D eigenvalue weighted by Crippen LogP contribution is -2.50. The van der Waals surface area contributed by atoms with Gasteiger partial charge in [-0.3, -0.25) is 4.79 Å². The Morgan fingerprint density at radius 2 is 1.82 bits per heavy atom. The van der Waals surface area contributed by atoms with E-state index in [4.69, 9.17) is 11.6 Å². The van der Waals surface area contributed by atoms with Gasteiger partial charge in [-0.1, -0.05) is 6.92 Å². The molecule has 0 N–H and O–H groups in total. The minimum atomic E-state index is -3.23. The summed E-state index contributed by atoms with van der Waals surface area (Å²) in [6.45, 7) is 5.04. The second-order valence-electron chi connectivity index (χ2n) is 4.44. The first kappa shape index (κ1) is 14.7. The van der Waals surface area contributed by atoms with Gasteiger partial charge in [0.25, 0.3) is 0 Å². The van der Waals surface area contributed by atoms with E-state index in [1.54, 1.807) is 4.90 Å². The molecule has 0 spiro atoms. The van der Waals surface area contributed by atoms with Crippen LogP contribution < -0.4 is 0 Å². The molecule has 1 heterocycles. The summed E-state index contributed by atoms with van der Waals surface area (Å²) in [4.78, 5) is 12.8. The third-order valence-electron chi connectivity index (χ3n) is 2.84. The third-order valence-corrected chi connectivity index (χ3v) is 5.50. The molecule has 0 aromatic carbocycles. The van der Waals surface area contributed by atoms with Crippen LogP contribution in [-0.2, 0) is 14.8 Å². The number of carbonyl (C=O) groups is 1. The highest BCUT2D eigenvalue weighted by Gasteiger charge is 2.28. The molecule has 0 aromatic rings. The number of carbonyl (C=O) groups excluding carboxylic acids is 1. The number of hydrogen-bond acceptors (Lipinski definition) is 3. The van der Waals surface area contributed by atoms with Crippen LogP contribution in [0.3, 0.4) is 0 Å². The van der Waals surface area contributed by atoms with Gasteiger partial charge in [-0.05, 0) is 5.92 Å². The van der Waals surface area contributed by atoms with Gasteiger partial charge in [0.15, 0.2) is 0 Å². The van der Waals surface area contributed by atoms with Crippen LogP contribution in [0.25, 0.3) is 0 Å². The second kappa shape index (κ2) is 6.02. The summed E-state index contributed by atoms with van der Waals surface area (Å²) in [6, 6.07) is 0. The van der Waals surface area contributed by atoms with E-state index in [0.717, 1.165) is 0 Å². The molecule has 0 aromatic heterocycles. The minimum Gasteiger partial charge on any atom is -0.340 e. The van der Waals surface area contributed by atoms with Crippen LogP contribution in [0.2, 0.25) is 0 Å². The molecule has 1 aliphatic rings. The van der Waals surface area contributed by atoms with E-state index >= 15 is 0 Å². The summed E-state index contributed by atoms with van der Waals surface area (Å²) in [5, 5.41) is 0. The maximum Gasteiger partial charge on any atom is 0.219 e. The largest absolute Gasteiger partial charge is 0.340 e. The fourth-order valence-electron chi connectivity index (χ4n) is 1.79. The van der Waals surface area contributed by atoms with Gasteiger partial charge in [-0.25, -0.2) is 8.42 Å². The number of sulfonamides is 1. The highest BCUT2D eigenvalue weighted by molar-refractivity contribution is 7.89. The lowest BCUT2D eigenvalue weighted by molar-refractivity contribution is -0.129. The summed E-state index contributed by atoms with van der Waals surface area (Å²) in [7, 11) is -3.23. The number of hydrogen-bond donors (Lipinski definition) is 0. The maximum atomic E-state index is 12.0. The lowest BCUT2D eigenvalue weighted by Gasteiger charge is -2.33. The number of alkyl halides is 1. The molecule has 0 bridgehead atoms. The number of nitrogens with zero attached hydrogens (tertiary/aromatic N) is 2. The predicted octanol–water partition coefficient (Wildman–Crippen LogP) is 0.355. The van der Waals surface area contributed by atoms with E-state index < -0.39 is 10.0 Å². The second-order valence-corrected chi connectivity index (χ2v) is 6.77. The Morgan fingerprint density at radius 1 is 1.29 bits per heavy atom. The molecule has 1 saturated heterocycles. The van der Waals surface area contributed by atoms with Crippen LogP contribution in [0.1, 0.15) is 13.8 Å². The molecule has 100 valence electrons. The van der Waals surface area contributed by atoms with Gasteiger partial charge in [0.05, 0.1) is 5.75 Å². The van der Waals surface area contributed by atoms with E-state index in [9.17, 15) is 13.2 Å². The zero-order valence-corrected chi connectivity index (χ0v) is 11.8. The average molecular weight is 283 g/mol. The topological polar surface area (TPSA) is 57.7 Å². The molecule has 7 heteroatoms. The summed E-state index contributed by atoms with van der Waals surface area (Å²) in [5.41, 5.74) is 0. The van der Waals surface area contributed by atoms with E-state index in [-0.39, 0.29) is 17.6 Å². The van der Waals surface area contributed by atoms with Crippen LogP contribution in [0.4, 0.5) is 0 Å². The van der Waals surface area contributed by atoms with Crippen molar-refractivity contribution >= 4 is 27.5 Å². The molecular weight excluding hydrogens is 264 g/mol. The highest BCUT2D eigenvalue weighted by Crippen LogP contribution is 2.12. The third kappa shape index (κ3) is 4.12. The first-order valence-corrected chi connectivity index (χ1v) is 7.80. The fraction of sp³-hybridized carbons (Fsp3) is 0.900. The van der Waals surface area contributed by atoms with E-state index in [0.29, 0.717) is 32.1 Å². The van der Waals surface area contributed by atoms with Crippen LogP contribution in [0.5, 0.6) is 0 Å². The van der Waals surface area contributed by atoms with Crippen molar-refractivity contribution in [3.05, 3.63) is 0 Å². The summed E-state index contributed by atoms with van der Waals surface area (Å²) >= 11 is 5.63. The number of rotatable bonds is 4. The standard InChI is InChI=1S/C10H19ClN2O3S/c1-9(7-11)8-17(15,16)13-5-3-12(4-6-13)10(2)14/h9H,3-8H2,1-2H3. The molecule has 1 fully saturated rings. The van der Waals surface area contributed by atoms with Crippen molar-refractivity contribution in [1.82, 2.24) is 9.21 Å². The summed E-state index contributed by atoms with van der Waals surface area (Å²) in [5.74, 6) is 0.368. The molecule has 1 rings (SSSR count). The molecule has 5 nitrogen and oxygen atoms in total. The van der Waals surface area contributed by atoms with Crippen molar-refractivity contribution in [2.24, 2.45) is 5.92 Å². The van der Waals surface area contributed by atoms with E-state index in [1.165, 1.54) is 11.2 Å². The molecule has 17 heavy (non-hydrogen) atoms. The van der Waals surface area contributed by atoms with Crippen molar-refractivity contribution in [3.8, 4) is 0 Å². The van der Waals surface area contributed by atoms with Gasteiger partial charge in [-0.15, -0.1) is 11.6 Å². The van der Waals surface area contributed by atoms with Gasteiger partial charge >= 0.3 is 0 Å². The fourth-order valence-corrected chi connectivity index (χ4v) is 3.80. The molecular formula is C10H19ClN2O3S. The van der Waals surface area contributed by atoms with Crippen molar-refractivity contribution in [3.63, 3.8) is 0 Å². The maximum absolute atomic E-state index is 12.0. The molecule has 0 aliphatic carbocycles. The molecule has 1 aliphatic heterocycles. The Kier molecular flexibility index (Phi) is 5.22. The minimum absolute atomic E-state index is 0.00354. The Hall–Kier alpha value is -0.330. The van der Waals surface area contributed by atoms with E-state index in [1.807, 2.05) is 6.92 Å². The normalized spacial score (nSPS) is 20.3. The summed E-state index contributed by atoms with van der Waals surface area (Å²) in [6.07, 6.45) is 0. The predicted molar refractivity (Wildman–Crippen MR) is 67.5 cm³/mol. The number of piperazine rings is 1. The Labute approximate surface area is 108 Å². The highest BCUT2D eigenvalue weighted by atomic mass is 35.5. The van der Waals surface area contributed by atoms with Gasteiger partial charge < -0.3 is 4.90 Å². The Bertz CT molecular complexity index is 364. The zero-order chi connectivity index (χ0) is 13.1. The zero-order valence-electron chi connectivity index (χ0n) is 10.2. The SMILES string of the molecule is CC(=O)N1CCN(S(=O)(=O)CC(C)CCl)CC1. The van der Waals surface area contributed by atoms with Gasteiger partial charge in [-0.2, -0.15) is 4.31 Å². The number of amides is 1. The van der Waals surface area contributed by atoms with Gasteiger partial charge in [0, 0.05) is 39.0 Å². The van der Waals surface area contributed by atoms with Crippen molar-refractivity contribution < 1.29 is 13.2 Å². The molecule has 0 radical (unpaired) electrons. The molecule has 1 atom stereocenters. The van der Waals surface area contributed by atoms with Crippen molar-refractivity contribution in [1.29, 1.82) is 0 Å². The average Bonchev–Trinajstić information content (AvgIpc) is 2.28. The molecule has 1 amide bonds. The monoisotopic (exact) mass is 282 g/mol. The Balaban J connectivity index is 2.56. The molecule has 1 unspecified atom stereocenters. The van der Waals surface area contributed by atoms with E-state index in [2.05, 4.69) is 0 Å². The first-order chi connectivity index (χ1) is 7.86. The van der Waals surface area contributed by atoms with Crippen LogP contribution in [-0.4, -0.2) is 61.3 Å². The van der Waals surface area contributed by atoms with Crippen LogP contribution >= 0.6 is 11.6 Å². The first-order valence-electron chi connectivity index (χ1n) is 5.66. The Morgan fingerprint density at radius 3 is 2.24 bits per heavy atom. The van der Waals surface area contributed by atoms with Crippen molar-refractivity contribution in [2.45, 2.75) is 13.8 Å². The van der Waals surface area contributed by atoms with Crippen molar-refractivity contribution in [2.75, 3.05) is 37.8 Å². The quantitative estimate of drug-likeness (QED) is 0.700. The van der Waals surface area contributed by atoms with Gasteiger partial charge in [0.1, 0.15) is 0 Å². The smallest absolute Gasteiger partial charge is 0.219 e. The van der Waals surface area contributed by atoms with Gasteiger partial charge in [0.2, 0.25) is 15.9 Å². The van der Waals surface area contributed by atoms with Crippen LogP contribution in [0, 0.1) is 5.92 Å². The van der Waals surface area contributed by atoms with Crippen LogP contribution in [0.15, 0.2) is 0 Å².